The summed E-state index contributed by atoms with van der Waals surface area (Å²) < 4.78 is 5.85. The highest BCUT2D eigenvalue weighted by atomic mass is 16.5. The molecule has 0 saturated heterocycles. The number of hydrogen-bond acceptors (Lipinski definition) is 4. The third-order valence-corrected chi connectivity index (χ3v) is 12.5. The second-order valence-corrected chi connectivity index (χ2v) is 15.0. The second kappa shape index (κ2) is 9.11. The van der Waals surface area contributed by atoms with Crippen LogP contribution in [0.1, 0.15) is 127 Å². The van der Waals surface area contributed by atoms with Gasteiger partial charge in [-0.25, -0.2) is 0 Å². The lowest BCUT2D eigenvalue weighted by atomic mass is 9.43. The average molecular weight is 503 g/mol. The van der Waals surface area contributed by atoms with Gasteiger partial charge in [-0.15, -0.1) is 0 Å². The Bertz CT molecular complexity index is 896. The van der Waals surface area contributed by atoms with Gasteiger partial charge in [-0.05, 0) is 112 Å². The molecule has 0 amide bonds. The van der Waals surface area contributed by atoms with Crippen LogP contribution in [0.3, 0.4) is 0 Å². The Kier molecular flexibility index (Phi) is 7.12. The SMILES string of the molecule is CC(=O)OC1CC[C@]2(C)C3=C(CCC2C1(C)C)[C@]1(C)CC[C@H]([C@H](C)CCC(O)C(C)(C)O)[C@@]1(C)CC3. The van der Waals surface area contributed by atoms with Crippen molar-refractivity contribution in [2.24, 2.45) is 39.4 Å². The van der Waals surface area contributed by atoms with E-state index in [4.69, 9.17) is 4.74 Å². The van der Waals surface area contributed by atoms with Crippen LogP contribution in [0.25, 0.3) is 0 Å². The predicted molar refractivity (Wildman–Crippen MR) is 145 cm³/mol. The van der Waals surface area contributed by atoms with Crippen LogP contribution < -0.4 is 0 Å². The maximum Gasteiger partial charge on any atom is 0.302 e. The van der Waals surface area contributed by atoms with E-state index in [0.717, 1.165) is 19.3 Å². The summed E-state index contributed by atoms with van der Waals surface area (Å²) in [5, 5.41) is 20.6. The molecule has 4 rings (SSSR count). The van der Waals surface area contributed by atoms with Crippen LogP contribution >= 0.6 is 0 Å². The molecule has 2 fully saturated rings. The maximum absolute atomic E-state index is 11.8. The number of carbonyl (C=O) groups is 1. The van der Waals surface area contributed by atoms with E-state index in [0.29, 0.717) is 29.6 Å². The lowest BCUT2D eigenvalue weighted by Crippen LogP contribution is -2.55. The van der Waals surface area contributed by atoms with Gasteiger partial charge in [0.1, 0.15) is 6.10 Å². The predicted octanol–water partition coefficient (Wildman–Crippen LogP) is 7.22. The van der Waals surface area contributed by atoms with Gasteiger partial charge in [-0.2, -0.15) is 0 Å². The summed E-state index contributed by atoms with van der Waals surface area (Å²) in [5.41, 5.74) is 3.25. The Morgan fingerprint density at radius 1 is 1.00 bits per heavy atom. The molecule has 0 bridgehead atoms. The van der Waals surface area contributed by atoms with Gasteiger partial charge >= 0.3 is 5.97 Å². The Hall–Kier alpha value is -0.870. The van der Waals surface area contributed by atoms with Gasteiger partial charge in [0.2, 0.25) is 0 Å². The molecule has 2 saturated carbocycles. The van der Waals surface area contributed by atoms with E-state index in [1.165, 1.54) is 38.5 Å². The quantitative estimate of drug-likeness (QED) is 0.297. The van der Waals surface area contributed by atoms with Crippen LogP contribution in [0.2, 0.25) is 0 Å². The topological polar surface area (TPSA) is 66.8 Å². The summed E-state index contributed by atoms with van der Waals surface area (Å²) in [6.07, 6.45) is 10.5. The molecule has 4 heteroatoms. The molecule has 36 heavy (non-hydrogen) atoms. The number of fused-ring (bicyclic) bond motifs is 4. The minimum Gasteiger partial charge on any atom is -0.462 e. The average Bonchev–Trinajstić information content (AvgIpc) is 3.04. The summed E-state index contributed by atoms with van der Waals surface area (Å²) in [7, 11) is 0. The van der Waals surface area contributed by atoms with Crippen molar-refractivity contribution in [1.82, 2.24) is 0 Å². The van der Waals surface area contributed by atoms with E-state index in [1.807, 2.05) is 0 Å². The van der Waals surface area contributed by atoms with E-state index in [-0.39, 0.29) is 28.3 Å². The minimum absolute atomic E-state index is 0.00704. The summed E-state index contributed by atoms with van der Waals surface area (Å²) in [5.74, 6) is 1.61. The normalized spacial score (nSPS) is 41.7. The number of aliphatic hydroxyl groups is 2. The number of esters is 1. The third-order valence-electron chi connectivity index (χ3n) is 12.5. The van der Waals surface area contributed by atoms with Gasteiger partial charge in [0, 0.05) is 12.3 Å². The molecule has 0 spiro atoms. The summed E-state index contributed by atoms with van der Waals surface area (Å²) in [4.78, 5) is 11.8. The van der Waals surface area contributed by atoms with Gasteiger partial charge < -0.3 is 14.9 Å². The zero-order valence-electron chi connectivity index (χ0n) is 24.7. The number of ether oxygens (including phenoxy) is 1. The smallest absolute Gasteiger partial charge is 0.302 e. The van der Waals surface area contributed by atoms with Crippen molar-refractivity contribution in [3.8, 4) is 0 Å². The Morgan fingerprint density at radius 3 is 2.28 bits per heavy atom. The number of allylic oxidation sites excluding steroid dienone is 2. The largest absolute Gasteiger partial charge is 0.462 e. The fourth-order valence-electron chi connectivity index (χ4n) is 10.0. The van der Waals surface area contributed by atoms with E-state index < -0.39 is 11.7 Å². The highest BCUT2D eigenvalue weighted by molar-refractivity contribution is 5.66. The van der Waals surface area contributed by atoms with Gasteiger partial charge in [-0.1, -0.05) is 52.7 Å². The minimum atomic E-state index is -1.03. The molecule has 206 valence electrons. The Morgan fingerprint density at radius 2 is 1.67 bits per heavy atom. The first-order chi connectivity index (χ1) is 16.5. The van der Waals surface area contributed by atoms with Crippen molar-refractivity contribution in [2.75, 3.05) is 0 Å². The van der Waals surface area contributed by atoms with E-state index in [1.54, 1.807) is 31.9 Å². The number of hydrogen-bond donors (Lipinski definition) is 2. The molecule has 0 aromatic heterocycles. The van der Waals surface area contributed by atoms with E-state index >= 15 is 0 Å². The first-order valence-electron chi connectivity index (χ1n) is 14.8. The molecule has 2 N–H and O–H groups in total. The molecule has 4 aliphatic carbocycles. The molecule has 8 atom stereocenters. The molecule has 0 heterocycles. The van der Waals surface area contributed by atoms with Crippen LogP contribution in [0.5, 0.6) is 0 Å². The molecule has 4 nitrogen and oxygen atoms in total. The van der Waals surface area contributed by atoms with E-state index in [9.17, 15) is 15.0 Å². The van der Waals surface area contributed by atoms with Gasteiger partial charge in [0.25, 0.3) is 0 Å². The van der Waals surface area contributed by atoms with Crippen molar-refractivity contribution >= 4 is 5.97 Å². The van der Waals surface area contributed by atoms with Gasteiger partial charge in [-0.3, -0.25) is 4.79 Å². The summed E-state index contributed by atoms with van der Waals surface area (Å²) in [6, 6.07) is 0. The van der Waals surface area contributed by atoms with Crippen molar-refractivity contribution in [3.63, 3.8) is 0 Å². The third kappa shape index (κ3) is 4.21. The first-order valence-corrected chi connectivity index (χ1v) is 14.8. The number of rotatable bonds is 6. The van der Waals surface area contributed by atoms with Crippen molar-refractivity contribution in [3.05, 3.63) is 11.1 Å². The molecular weight excluding hydrogens is 448 g/mol. The monoisotopic (exact) mass is 502 g/mol. The van der Waals surface area contributed by atoms with Crippen LogP contribution in [0.4, 0.5) is 0 Å². The molecule has 0 aliphatic heterocycles. The second-order valence-electron chi connectivity index (χ2n) is 15.0. The lowest BCUT2D eigenvalue weighted by molar-refractivity contribution is -0.167. The van der Waals surface area contributed by atoms with Crippen molar-refractivity contribution in [1.29, 1.82) is 0 Å². The van der Waals surface area contributed by atoms with Crippen LogP contribution in [-0.2, 0) is 9.53 Å². The van der Waals surface area contributed by atoms with Crippen LogP contribution in [-0.4, -0.2) is 34.0 Å². The van der Waals surface area contributed by atoms with Gasteiger partial charge in [0.05, 0.1) is 11.7 Å². The highest BCUT2D eigenvalue weighted by Crippen LogP contribution is 2.72. The number of carbonyl (C=O) groups excluding carboxylic acids is 1. The highest BCUT2D eigenvalue weighted by Gasteiger charge is 2.63. The van der Waals surface area contributed by atoms with E-state index in [2.05, 4.69) is 41.5 Å². The Balaban J connectivity index is 1.59. The first kappa shape index (κ1) is 28.1. The van der Waals surface area contributed by atoms with Gasteiger partial charge in [0.15, 0.2) is 0 Å². The molecule has 4 aliphatic rings. The maximum atomic E-state index is 11.8. The van der Waals surface area contributed by atoms with Crippen molar-refractivity contribution in [2.45, 2.75) is 144 Å². The van der Waals surface area contributed by atoms with Crippen LogP contribution in [0.15, 0.2) is 11.1 Å². The molecular formula is C32H54O4. The summed E-state index contributed by atoms with van der Waals surface area (Å²) >= 11 is 0. The van der Waals surface area contributed by atoms with Crippen LogP contribution in [0, 0.1) is 39.4 Å². The zero-order chi connectivity index (χ0) is 26.9. The van der Waals surface area contributed by atoms with Crippen molar-refractivity contribution < 1.29 is 19.7 Å². The molecule has 0 aromatic carbocycles. The lowest BCUT2D eigenvalue weighted by Gasteiger charge is -2.62. The molecule has 0 radical (unpaired) electrons. The fraction of sp³-hybridized carbons (Fsp3) is 0.906. The fourth-order valence-corrected chi connectivity index (χ4v) is 10.0. The zero-order valence-corrected chi connectivity index (χ0v) is 24.7. The standard InChI is InChI=1S/C32H54O4/c1-20(10-13-26(34)29(5,6)35)22-14-18-32(9)24-11-12-25-28(3,4)27(36-21(2)33)16-17-30(25,7)23(24)15-19-31(22,32)8/h20,22,25-27,34-35H,10-19H2,1-9H3/t20-,22-,25?,26?,27?,30-,31-,32+/m1/s1. The number of aliphatic hydroxyl groups excluding tert-OH is 1. The Labute approximate surface area is 220 Å². The summed E-state index contributed by atoms with van der Waals surface area (Å²) in [6.45, 7) is 19.8. The molecule has 0 aromatic rings. The molecule has 3 unspecified atom stereocenters.